The summed E-state index contributed by atoms with van der Waals surface area (Å²) in [5.74, 6) is 0.766. The third-order valence-electron chi connectivity index (χ3n) is 3.02. The minimum atomic E-state index is -0.414. The van der Waals surface area contributed by atoms with Gasteiger partial charge in [-0.15, -0.1) is 0 Å². The zero-order chi connectivity index (χ0) is 14.0. The number of rotatable bonds is 3. The molecule has 2 rings (SSSR count). The lowest BCUT2D eigenvalue weighted by atomic mass is 10.2. The van der Waals surface area contributed by atoms with Crippen LogP contribution in [0, 0.1) is 11.3 Å². The lowest BCUT2D eigenvalue weighted by Crippen LogP contribution is -2.21. The molecule has 5 heteroatoms. The van der Waals surface area contributed by atoms with Crippen LogP contribution in [0.2, 0.25) is 5.15 Å². The summed E-state index contributed by atoms with van der Waals surface area (Å²) in [5.41, 5.74) is 1.70. The molecule has 4 nitrogen and oxygen atoms in total. The predicted molar refractivity (Wildman–Crippen MR) is 75.7 cm³/mol. The highest BCUT2D eigenvalue weighted by Gasteiger charge is 2.24. The molecule has 0 saturated heterocycles. The molecule has 2 aromatic rings. The van der Waals surface area contributed by atoms with E-state index in [0.717, 1.165) is 11.4 Å². The van der Waals surface area contributed by atoms with Crippen LogP contribution in [0.25, 0.3) is 11.4 Å². The van der Waals surface area contributed by atoms with Crippen LogP contribution in [0.15, 0.2) is 30.3 Å². The number of nitrogens with zero attached hydrogens (tertiary/aromatic N) is 4. The Morgan fingerprint density at radius 2 is 1.95 bits per heavy atom. The van der Waals surface area contributed by atoms with E-state index < -0.39 is 6.04 Å². The van der Waals surface area contributed by atoms with E-state index in [0.29, 0.717) is 10.8 Å². The van der Waals surface area contributed by atoms with Gasteiger partial charge in [-0.1, -0.05) is 41.9 Å². The van der Waals surface area contributed by atoms with Gasteiger partial charge in [-0.2, -0.15) is 5.26 Å². The molecule has 0 aliphatic carbocycles. The molecular formula is C14H15ClN4. The largest absolute Gasteiger partial charge is 0.327 e. The monoisotopic (exact) mass is 274 g/mol. The number of nitriles is 1. The summed E-state index contributed by atoms with van der Waals surface area (Å²) in [7, 11) is 5.57. The van der Waals surface area contributed by atoms with E-state index in [1.165, 1.54) is 0 Å². The highest BCUT2D eigenvalue weighted by Crippen LogP contribution is 2.30. The highest BCUT2D eigenvalue weighted by atomic mass is 35.5. The summed E-state index contributed by atoms with van der Waals surface area (Å²) >= 11 is 6.21. The summed E-state index contributed by atoms with van der Waals surface area (Å²) in [6, 6.07) is 11.6. The van der Waals surface area contributed by atoms with Crippen LogP contribution >= 0.6 is 11.6 Å². The number of hydrogen-bond donors (Lipinski definition) is 0. The van der Waals surface area contributed by atoms with Crippen LogP contribution in [0.1, 0.15) is 11.7 Å². The van der Waals surface area contributed by atoms with Gasteiger partial charge < -0.3 is 4.57 Å². The minimum absolute atomic E-state index is 0.376. The third-order valence-corrected chi connectivity index (χ3v) is 3.30. The number of imidazole rings is 1. The van der Waals surface area contributed by atoms with Gasteiger partial charge in [0.1, 0.15) is 11.9 Å². The third kappa shape index (κ3) is 2.48. The van der Waals surface area contributed by atoms with Crippen molar-refractivity contribution in [2.75, 3.05) is 14.1 Å². The van der Waals surface area contributed by atoms with Crippen molar-refractivity contribution in [3.8, 4) is 17.5 Å². The second kappa shape index (κ2) is 5.43. The average molecular weight is 275 g/mol. The Morgan fingerprint density at radius 1 is 1.32 bits per heavy atom. The number of hydrogen-bond acceptors (Lipinski definition) is 3. The normalized spacial score (nSPS) is 12.4. The van der Waals surface area contributed by atoms with Crippen LogP contribution in [-0.2, 0) is 7.05 Å². The molecule has 1 unspecified atom stereocenters. The zero-order valence-electron chi connectivity index (χ0n) is 11.1. The van der Waals surface area contributed by atoms with Crippen LogP contribution in [0.3, 0.4) is 0 Å². The van der Waals surface area contributed by atoms with E-state index in [4.69, 9.17) is 11.6 Å². The maximum atomic E-state index is 9.29. The first-order valence-corrected chi connectivity index (χ1v) is 6.27. The molecule has 0 bridgehead atoms. The van der Waals surface area contributed by atoms with Crippen LogP contribution < -0.4 is 0 Å². The van der Waals surface area contributed by atoms with Crippen LogP contribution in [-0.4, -0.2) is 28.5 Å². The molecule has 0 spiro atoms. The molecule has 0 N–H and O–H groups in total. The number of benzene rings is 1. The van der Waals surface area contributed by atoms with Gasteiger partial charge in [0.15, 0.2) is 5.15 Å². The fourth-order valence-electron chi connectivity index (χ4n) is 2.04. The zero-order valence-corrected chi connectivity index (χ0v) is 11.9. The summed E-state index contributed by atoms with van der Waals surface area (Å²) < 4.78 is 1.88. The first kappa shape index (κ1) is 13.6. The van der Waals surface area contributed by atoms with Crippen molar-refractivity contribution in [2.24, 2.45) is 7.05 Å². The average Bonchev–Trinajstić information content (AvgIpc) is 2.68. The highest BCUT2D eigenvalue weighted by molar-refractivity contribution is 6.30. The molecule has 0 radical (unpaired) electrons. The van der Waals surface area contributed by atoms with Gasteiger partial charge in [0, 0.05) is 12.6 Å². The molecule has 0 amide bonds. The van der Waals surface area contributed by atoms with Crippen molar-refractivity contribution >= 4 is 11.6 Å². The smallest absolute Gasteiger partial charge is 0.153 e. The van der Waals surface area contributed by atoms with Gasteiger partial charge in [0.2, 0.25) is 0 Å². The predicted octanol–water partition coefficient (Wildman–Crippen LogP) is 2.87. The van der Waals surface area contributed by atoms with Gasteiger partial charge in [-0.05, 0) is 14.1 Å². The van der Waals surface area contributed by atoms with Gasteiger partial charge in [-0.25, -0.2) is 4.98 Å². The topological polar surface area (TPSA) is 44.9 Å². The van der Waals surface area contributed by atoms with Crippen LogP contribution in [0.4, 0.5) is 0 Å². The van der Waals surface area contributed by atoms with Crippen molar-refractivity contribution in [3.63, 3.8) is 0 Å². The van der Waals surface area contributed by atoms with Crippen molar-refractivity contribution in [3.05, 3.63) is 41.2 Å². The Morgan fingerprint density at radius 3 is 2.47 bits per heavy atom. The van der Waals surface area contributed by atoms with E-state index in [1.807, 2.05) is 60.9 Å². The van der Waals surface area contributed by atoms with Crippen molar-refractivity contribution in [2.45, 2.75) is 6.04 Å². The van der Waals surface area contributed by atoms with E-state index in [1.54, 1.807) is 0 Å². The molecular weight excluding hydrogens is 260 g/mol. The molecule has 1 heterocycles. The van der Waals surface area contributed by atoms with Gasteiger partial charge in [0.05, 0.1) is 11.8 Å². The van der Waals surface area contributed by atoms with Crippen molar-refractivity contribution in [1.29, 1.82) is 5.26 Å². The lowest BCUT2D eigenvalue weighted by molar-refractivity contribution is 0.347. The molecule has 1 aromatic heterocycles. The first-order valence-electron chi connectivity index (χ1n) is 5.89. The maximum Gasteiger partial charge on any atom is 0.153 e. The molecule has 0 aliphatic rings. The van der Waals surface area contributed by atoms with Gasteiger partial charge >= 0.3 is 0 Å². The molecule has 0 saturated carbocycles. The van der Waals surface area contributed by atoms with Gasteiger partial charge in [0.25, 0.3) is 0 Å². The summed E-state index contributed by atoms with van der Waals surface area (Å²) in [6.07, 6.45) is 0. The molecule has 0 fully saturated rings. The van der Waals surface area contributed by atoms with E-state index >= 15 is 0 Å². The Labute approximate surface area is 117 Å². The minimum Gasteiger partial charge on any atom is -0.327 e. The number of aromatic nitrogens is 2. The Hall–Kier alpha value is -1.83. The Balaban J connectivity index is 2.56. The Kier molecular flexibility index (Phi) is 3.89. The number of halogens is 1. The summed E-state index contributed by atoms with van der Waals surface area (Å²) in [4.78, 5) is 6.20. The maximum absolute atomic E-state index is 9.29. The van der Waals surface area contributed by atoms with Crippen LogP contribution in [0.5, 0.6) is 0 Å². The second-order valence-electron chi connectivity index (χ2n) is 4.53. The fraction of sp³-hybridized carbons (Fsp3) is 0.286. The molecule has 1 atom stereocenters. The van der Waals surface area contributed by atoms with Gasteiger partial charge in [-0.3, -0.25) is 4.90 Å². The first-order chi connectivity index (χ1) is 9.06. The Bertz CT molecular complexity index is 610. The lowest BCUT2D eigenvalue weighted by Gasteiger charge is -2.18. The summed E-state index contributed by atoms with van der Waals surface area (Å²) in [6.45, 7) is 0. The standard InChI is InChI=1S/C14H15ClN4/c1-18(2)11(9-16)12-13(15)17-14(19(12)3)10-7-5-4-6-8-10/h4-8,11H,1-3H3. The van der Waals surface area contributed by atoms with Crippen molar-refractivity contribution in [1.82, 2.24) is 14.5 Å². The summed E-state index contributed by atoms with van der Waals surface area (Å²) in [5, 5.41) is 9.66. The SMILES string of the molecule is CN(C)C(C#N)c1c(Cl)nc(-c2ccccc2)n1C. The molecule has 19 heavy (non-hydrogen) atoms. The second-order valence-corrected chi connectivity index (χ2v) is 4.89. The molecule has 0 aliphatic heterocycles. The quantitative estimate of drug-likeness (QED) is 0.864. The van der Waals surface area contributed by atoms with E-state index in [9.17, 15) is 5.26 Å². The van der Waals surface area contributed by atoms with E-state index in [-0.39, 0.29) is 0 Å². The molecule has 98 valence electrons. The fourth-order valence-corrected chi connectivity index (χ4v) is 2.35. The van der Waals surface area contributed by atoms with E-state index in [2.05, 4.69) is 11.1 Å². The molecule has 1 aromatic carbocycles. The van der Waals surface area contributed by atoms with Crippen molar-refractivity contribution < 1.29 is 0 Å².